The molecular formula is C15H15Br2ClO2. The molecule has 0 amide bonds. The third-order valence-corrected chi connectivity index (χ3v) is 8.78. The summed E-state index contributed by atoms with van der Waals surface area (Å²) in [6.45, 7) is 6.07. The Morgan fingerprint density at radius 2 is 1.95 bits per heavy atom. The molecule has 0 spiro atoms. The molecule has 2 aliphatic carbocycles. The molecule has 0 N–H and O–H groups in total. The maximum atomic E-state index is 11.9. The third kappa shape index (κ3) is 1.77. The van der Waals surface area contributed by atoms with E-state index in [0.717, 1.165) is 45.9 Å². The molecule has 5 heteroatoms. The molecule has 3 rings (SSSR count). The summed E-state index contributed by atoms with van der Waals surface area (Å²) in [5.41, 5.74) is 3.83. The summed E-state index contributed by atoms with van der Waals surface area (Å²) in [5.74, 6) is 0.531. The molecule has 0 aromatic carbocycles. The molecule has 2 nitrogen and oxygen atoms in total. The fourth-order valence-electron chi connectivity index (χ4n) is 3.45. The Morgan fingerprint density at radius 1 is 1.30 bits per heavy atom. The number of rotatable bonds is 0. The summed E-state index contributed by atoms with van der Waals surface area (Å²) < 4.78 is 5.55. The van der Waals surface area contributed by atoms with Crippen LogP contribution in [-0.4, -0.2) is 15.6 Å². The second-order valence-corrected chi connectivity index (χ2v) is 8.27. The summed E-state index contributed by atoms with van der Waals surface area (Å²) in [6, 6.07) is 0. The van der Waals surface area contributed by atoms with Crippen LogP contribution in [0.1, 0.15) is 33.6 Å². The number of esters is 1. The number of halogens is 3. The first-order valence-electron chi connectivity index (χ1n) is 6.61. The largest absolute Gasteiger partial charge is 0.423 e. The van der Waals surface area contributed by atoms with E-state index in [1.807, 2.05) is 13.8 Å². The van der Waals surface area contributed by atoms with Gasteiger partial charge in [-0.2, -0.15) is 0 Å². The Hall–Kier alpha value is -0.0600. The van der Waals surface area contributed by atoms with Crippen molar-refractivity contribution < 1.29 is 9.53 Å². The Kier molecular flexibility index (Phi) is 3.51. The van der Waals surface area contributed by atoms with Crippen molar-refractivity contribution in [3.05, 3.63) is 33.1 Å². The highest BCUT2D eigenvalue weighted by Crippen LogP contribution is 2.58. The van der Waals surface area contributed by atoms with Crippen molar-refractivity contribution in [3.8, 4) is 0 Å². The lowest BCUT2D eigenvalue weighted by Gasteiger charge is -2.46. The molecule has 1 aliphatic heterocycles. The number of ether oxygens (including phenoxy) is 1. The average Bonchev–Trinajstić information content (AvgIpc) is 2.69. The van der Waals surface area contributed by atoms with Gasteiger partial charge in [-0.3, -0.25) is 0 Å². The van der Waals surface area contributed by atoms with Gasteiger partial charge >= 0.3 is 5.97 Å². The van der Waals surface area contributed by atoms with Gasteiger partial charge in [0.15, 0.2) is 0 Å². The summed E-state index contributed by atoms with van der Waals surface area (Å²) in [6.07, 6.45) is 1.86. The van der Waals surface area contributed by atoms with Crippen molar-refractivity contribution in [1.29, 1.82) is 0 Å². The van der Waals surface area contributed by atoms with Gasteiger partial charge < -0.3 is 4.74 Å². The van der Waals surface area contributed by atoms with Gasteiger partial charge in [-0.05, 0) is 32.3 Å². The highest BCUT2D eigenvalue weighted by atomic mass is 79.9. The van der Waals surface area contributed by atoms with Crippen LogP contribution in [0.4, 0.5) is 0 Å². The summed E-state index contributed by atoms with van der Waals surface area (Å²) >= 11 is 13.9. The molecule has 0 fully saturated rings. The van der Waals surface area contributed by atoms with Gasteiger partial charge in [0.25, 0.3) is 0 Å². The first-order chi connectivity index (χ1) is 9.29. The monoisotopic (exact) mass is 420 g/mol. The van der Waals surface area contributed by atoms with Crippen LogP contribution in [0.2, 0.25) is 0 Å². The molecule has 20 heavy (non-hydrogen) atoms. The predicted molar refractivity (Wildman–Crippen MR) is 87.1 cm³/mol. The van der Waals surface area contributed by atoms with Gasteiger partial charge in [-0.15, -0.1) is 0 Å². The minimum atomic E-state index is -0.220. The topological polar surface area (TPSA) is 26.3 Å². The first kappa shape index (κ1) is 14.9. The van der Waals surface area contributed by atoms with Crippen LogP contribution < -0.4 is 0 Å². The molecule has 0 radical (unpaired) electrons. The van der Waals surface area contributed by atoms with Gasteiger partial charge in [-0.25, -0.2) is 4.79 Å². The second-order valence-electron chi connectivity index (χ2n) is 5.89. The van der Waals surface area contributed by atoms with Gasteiger partial charge in [0.1, 0.15) is 5.76 Å². The Bertz CT molecular complexity index is 617. The second kappa shape index (κ2) is 4.72. The van der Waals surface area contributed by atoms with E-state index in [4.69, 9.17) is 16.3 Å². The maximum Gasteiger partial charge on any atom is 0.339 e. The van der Waals surface area contributed by atoms with E-state index in [9.17, 15) is 4.79 Å². The van der Waals surface area contributed by atoms with Gasteiger partial charge in [0, 0.05) is 32.0 Å². The molecule has 0 saturated carbocycles. The van der Waals surface area contributed by atoms with E-state index in [0.29, 0.717) is 0 Å². The molecule has 3 aliphatic rings. The number of alkyl halides is 2. The minimum absolute atomic E-state index is 0.0830. The van der Waals surface area contributed by atoms with Crippen molar-refractivity contribution in [2.24, 2.45) is 5.41 Å². The predicted octanol–water partition coefficient (Wildman–Crippen LogP) is 4.97. The number of hydrogen-bond donors (Lipinski definition) is 0. The van der Waals surface area contributed by atoms with Crippen LogP contribution in [0.5, 0.6) is 0 Å². The zero-order chi connectivity index (χ0) is 14.8. The SMILES string of the molecule is CC1=C2CCC3(C)C(=C2OC1=O)C(C)=C(Cl)C(Br)C3Br. The van der Waals surface area contributed by atoms with Crippen LogP contribution in [0.25, 0.3) is 0 Å². The van der Waals surface area contributed by atoms with E-state index in [-0.39, 0.29) is 21.0 Å². The van der Waals surface area contributed by atoms with E-state index in [1.165, 1.54) is 0 Å². The van der Waals surface area contributed by atoms with Crippen LogP contribution in [0.15, 0.2) is 33.1 Å². The smallest absolute Gasteiger partial charge is 0.339 e. The number of carbonyl (C=O) groups excluding carboxylic acids is 1. The maximum absolute atomic E-state index is 11.9. The average molecular weight is 423 g/mol. The molecule has 0 aromatic heterocycles. The van der Waals surface area contributed by atoms with Crippen LogP contribution in [-0.2, 0) is 9.53 Å². The van der Waals surface area contributed by atoms with Crippen molar-refractivity contribution in [1.82, 2.24) is 0 Å². The zero-order valence-corrected chi connectivity index (χ0v) is 15.4. The Labute approximate surface area is 140 Å². The molecule has 0 saturated heterocycles. The van der Waals surface area contributed by atoms with E-state index in [2.05, 4.69) is 38.8 Å². The lowest BCUT2D eigenvalue weighted by atomic mass is 9.64. The van der Waals surface area contributed by atoms with Gasteiger partial charge in [0.05, 0.1) is 4.83 Å². The fourth-order valence-corrected chi connectivity index (χ4v) is 5.47. The van der Waals surface area contributed by atoms with Crippen LogP contribution in [0, 0.1) is 5.41 Å². The van der Waals surface area contributed by atoms with Crippen LogP contribution in [0.3, 0.4) is 0 Å². The van der Waals surface area contributed by atoms with E-state index >= 15 is 0 Å². The first-order valence-corrected chi connectivity index (χ1v) is 8.81. The third-order valence-electron chi connectivity index (χ3n) is 4.76. The molecular weight excluding hydrogens is 407 g/mol. The quantitative estimate of drug-likeness (QED) is 0.407. The summed E-state index contributed by atoms with van der Waals surface area (Å²) in [7, 11) is 0. The Morgan fingerprint density at radius 3 is 2.60 bits per heavy atom. The number of carbonyl (C=O) groups is 1. The van der Waals surface area contributed by atoms with Crippen molar-refractivity contribution in [2.45, 2.75) is 43.3 Å². The zero-order valence-electron chi connectivity index (χ0n) is 11.5. The van der Waals surface area contributed by atoms with E-state index in [1.54, 1.807) is 0 Å². The van der Waals surface area contributed by atoms with Crippen LogP contribution >= 0.6 is 43.5 Å². The highest BCUT2D eigenvalue weighted by Gasteiger charge is 2.51. The molecule has 108 valence electrons. The standard InChI is InChI=1S/C15H15Br2ClO2/c1-6-8-4-5-15(3)9(12(8)20-14(6)19)7(2)11(18)10(16)13(15)17/h10,13H,4-5H2,1-3H3. The molecule has 0 aromatic rings. The minimum Gasteiger partial charge on any atom is -0.423 e. The van der Waals surface area contributed by atoms with Gasteiger partial charge in [-0.1, -0.05) is 50.4 Å². The molecule has 1 heterocycles. The Balaban J connectivity index is 2.31. The normalized spacial score (nSPS) is 37.2. The molecule has 3 atom stereocenters. The fraction of sp³-hybridized carbons (Fsp3) is 0.533. The lowest BCUT2D eigenvalue weighted by Crippen LogP contribution is -2.43. The van der Waals surface area contributed by atoms with Crippen molar-refractivity contribution in [3.63, 3.8) is 0 Å². The van der Waals surface area contributed by atoms with Crippen molar-refractivity contribution in [2.75, 3.05) is 0 Å². The summed E-state index contributed by atoms with van der Waals surface area (Å²) in [5, 5.41) is 0.786. The lowest BCUT2D eigenvalue weighted by molar-refractivity contribution is -0.133. The molecule has 0 bridgehead atoms. The van der Waals surface area contributed by atoms with Gasteiger partial charge in [0.2, 0.25) is 0 Å². The van der Waals surface area contributed by atoms with E-state index < -0.39 is 0 Å². The van der Waals surface area contributed by atoms with Crippen molar-refractivity contribution >= 4 is 49.4 Å². The number of fused-ring (bicyclic) bond motifs is 2. The number of allylic oxidation sites excluding steroid dienone is 4. The number of hydrogen-bond acceptors (Lipinski definition) is 2. The highest BCUT2D eigenvalue weighted by molar-refractivity contribution is 9.12. The molecule has 3 unspecified atom stereocenters. The summed E-state index contributed by atoms with van der Waals surface area (Å²) in [4.78, 5) is 12.1.